The van der Waals surface area contributed by atoms with Crippen molar-refractivity contribution in [1.82, 2.24) is 4.90 Å². The number of likely N-dealkylation sites (tertiary alicyclic amines) is 1. The number of aliphatic carboxylic acids is 1. The summed E-state index contributed by atoms with van der Waals surface area (Å²) in [5, 5.41) is 9.96. The van der Waals surface area contributed by atoms with E-state index < -0.39 is 17.6 Å². The molecule has 31 heavy (non-hydrogen) atoms. The summed E-state index contributed by atoms with van der Waals surface area (Å²) in [5.74, 6) is -1.04. The molecule has 1 N–H and O–H groups in total. The lowest BCUT2D eigenvalue weighted by Gasteiger charge is -2.48. The number of benzene rings is 3. The molecule has 156 valence electrons. The topological polar surface area (TPSA) is 66.8 Å². The Hall–Kier alpha value is -3.60. The lowest BCUT2D eigenvalue weighted by atomic mass is 9.79. The molecule has 5 rings (SSSR count). The monoisotopic (exact) mass is 413 g/mol. The maximum atomic E-state index is 13.0. The molecule has 3 aromatic carbocycles. The van der Waals surface area contributed by atoms with Gasteiger partial charge in [0.05, 0.1) is 0 Å². The fourth-order valence-corrected chi connectivity index (χ4v) is 4.85. The zero-order chi connectivity index (χ0) is 21.4. The number of hydrogen-bond donors (Lipinski definition) is 1. The number of carboxylic acids is 1. The SMILES string of the molecule is O=C(OCC1c2ccccc2-c2ccccc21)N1CCC1(Cc1ccccc1)C(=O)O. The molecule has 5 heteroatoms. The first kappa shape index (κ1) is 19.4. The highest BCUT2D eigenvalue weighted by Gasteiger charge is 2.54. The number of ether oxygens (including phenoxy) is 1. The highest BCUT2D eigenvalue weighted by Crippen LogP contribution is 2.45. The van der Waals surface area contributed by atoms with Crippen LogP contribution in [0, 0.1) is 0 Å². The Labute approximate surface area is 180 Å². The number of hydrogen-bond acceptors (Lipinski definition) is 3. The molecule has 1 fully saturated rings. The first-order valence-electron chi connectivity index (χ1n) is 10.5. The van der Waals surface area contributed by atoms with Gasteiger partial charge < -0.3 is 9.84 Å². The molecular weight excluding hydrogens is 390 g/mol. The summed E-state index contributed by atoms with van der Waals surface area (Å²) in [5.41, 5.74) is 4.23. The van der Waals surface area contributed by atoms with Crippen LogP contribution in [0.1, 0.15) is 29.0 Å². The molecule has 5 nitrogen and oxygen atoms in total. The first-order chi connectivity index (χ1) is 15.1. The molecule has 1 aliphatic carbocycles. The highest BCUT2D eigenvalue weighted by molar-refractivity contribution is 5.87. The van der Waals surface area contributed by atoms with Crippen LogP contribution in [0.15, 0.2) is 78.9 Å². The van der Waals surface area contributed by atoms with E-state index in [0.717, 1.165) is 27.8 Å². The van der Waals surface area contributed by atoms with Gasteiger partial charge >= 0.3 is 12.1 Å². The Morgan fingerprint density at radius 2 is 1.48 bits per heavy atom. The zero-order valence-electron chi connectivity index (χ0n) is 17.0. The number of carbonyl (C=O) groups excluding carboxylic acids is 1. The van der Waals surface area contributed by atoms with Gasteiger partial charge in [0.15, 0.2) is 0 Å². The first-order valence-corrected chi connectivity index (χ1v) is 10.5. The normalized spacial score (nSPS) is 19.3. The third-order valence-corrected chi connectivity index (χ3v) is 6.56. The molecule has 1 amide bonds. The van der Waals surface area contributed by atoms with Crippen molar-refractivity contribution in [2.75, 3.05) is 13.2 Å². The van der Waals surface area contributed by atoms with Crippen molar-refractivity contribution in [3.63, 3.8) is 0 Å². The predicted molar refractivity (Wildman–Crippen MR) is 117 cm³/mol. The second-order valence-corrected chi connectivity index (χ2v) is 8.20. The van der Waals surface area contributed by atoms with Crippen LogP contribution < -0.4 is 0 Å². The standard InChI is InChI=1S/C26H23NO4/c28-24(29)26(16-18-8-2-1-3-9-18)14-15-27(26)25(30)31-17-23-21-12-6-4-10-19(21)20-11-5-7-13-22(20)23/h1-13,23H,14-17H2,(H,28,29). The maximum Gasteiger partial charge on any atom is 0.410 e. The van der Waals surface area contributed by atoms with Crippen LogP contribution >= 0.6 is 0 Å². The van der Waals surface area contributed by atoms with E-state index in [1.165, 1.54) is 4.90 Å². The molecule has 1 heterocycles. The molecule has 0 saturated carbocycles. The lowest BCUT2D eigenvalue weighted by Crippen LogP contribution is -2.67. The largest absolute Gasteiger partial charge is 0.479 e. The van der Waals surface area contributed by atoms with Gasteiger partial charge in [-0.2, -0.15) is 0 Å². The van der Waals surface area contributed by atoms with Crippen LogP contribution in [-0.4, -0.2) is 40.8 Å². The summed E-state index contributed by atoms with van der Waals surface area (Å²) in [4.78, 5) is 26.5. The Bertz CT molecular complexity index is 1100. The molecule has 3 aromatic rings. The Morgan fingerprint density at radius 3 is 2.03 bits per heavy atom. The second kappa shape index (κ2) is 7.58. The fraction of sp³-hybridized carbons (Fsp3) is 0.231. The molecular formula is C26H23NO4. The minimum absolute atomic E-state index is 0.0500. The summed E-state index contributed by atoms with van der Waals surface area (Å²) in [6.45, 7) is 0.570. The van der Waals surface area contributed by atoms with Crippen molar-refractivity contribution in [3.8, 4) is 11.1 Å². The molecule has 0 spiro atoms. The highest BCUT2D eigenvalue weighted by atomic mass is 16.6. The van der Waals surface area contributed by atoms with Crippen molar-refractivity contribution in [3.05, 3.63) is 95.6 Å². The van der Waals surface area contributed by atoms with E-state index in [-0.39, 0.29) is 18.9 Å². The van der Waals surface area contributed by atoms with E-state index in [4.69, 9.17) is 4.74 Å². The average Bonchev–Trinajstić information content (AvgIpc) is 3.09. The molecule has 0 radical (unpaired) electrons. The quantitative estimate of drug-likeness (QED) is 0.658. The van der Waals surface area contributed by atoms with Gasteiger partial charge in [-0.1, -0.05) is 78.9 Å². The smallest absolute Gasteiger partial charge is 0.410 e. The van der Waals surface area contributed by atoms with Gasteiger partial charge in [-0.3, -0.25) is 4.90 Å². The summed E-state index contributed by atoms with van der Waals surface area (Å²) < 4.78 is 5.71. The fourth-order valence-electron chi connectivity index (χ4n) is 4.85. The molecule has 1 atom stereocenters. The number of carbonyl (C=O) groups is 2. The summed E-state index contributed by atoms with van der Waals surface area (Å²) >= 11 is 0. The number of fused-ring (bicyclic) bond motifs is 3. The van der Waals surface area contributed by atoms with Crippen molar-refractivity contribution in [1.29, 1.82) is 0 Å². The molecule has 1 aliphatic heterocycles. The van der Waals surface area contributed by atoms with E-state index in [1.807, 2.05) is 54.6 Å². The third kappa shape index (κ3) is 3.17. The van der Waals surface area contributed by atoms with Crippen LogP contribution in [0.2, 0.25) is 0 Å². The Kier molecular flexibility index (Phi) is 4.74. The molecule has 1 saturated heterocycles. The summed E-state index contributed by atoms with van der Waals surface area (Å²) in [7, 11) is 0. The van der Waals surface area contributed by atoms with Crippen LogP contribution in [-0.2, 0) is 16.0 Å². The summed E-state index contributed by atoms with van der Waals surface area (Å²) in [6, 6.07) is 25.7. The number of rotatable bonds is 5. The molecule has 0 bridgehead atoms. The van der Waals surface area contributed by atoms with Gasteiger partial charge in [0.25, 0.3) is 0 Å². The van der Waals surface area contributed by atoms with Gasteiger partial charge in [0.2, 0.25) is 0 Å². The average molecular weight is 413 g/mol. The van der Waals surface area contributed by atoms with Gasteiger partial charge in [0.1, 0.15) is 12.1 Å². The Morgan fingerprint density at radius 1 is 0.903 bits per heavy atom. The second-order valence-electron chi connectivity index (χ2n) is 8.20. The minimum Gasteiger partial charge on any atom is -0.479 e. The van der Waals surface area contributed by atoms with E-state index >= 15 is 0 Å². The van der Waals surface area contributed by atoms with Gasteiger partial charge in [-0.25, -0.2) is 9.59 Å². The number of amides is 1. The van der Waals surface area contributed by atoms with Crippen molar-refractivity contribution in [2.24, 2.45) is 0 Å². The van der Waals surface area contributed by atoms with E-state index in [9.17, 15) is 14.7 Å². The molecule has 1 unspecified atom stereocenters. The van der Waals surface area contributed by atoms with Crippen LogP contribution in [0.3, 0.4) is 0 Å². The predicted octanol–water partition coefficient (Wildman–Crippen LogP) is 4.71. The van der Waals surface area contributed by atoms with Crippen LogP contribution in [0.4, 0.5) is 4.79 Å². The van der Waals surface area contributed by atoms with Crippen LogP contribution in [0.5, 0.6) is 0 Å². The number of carboxylic acid groups (broad SMARTS) is 1. The van der Waals surface area contributed by atoms with Crippen molar-refractivity contribution < 1.29 is 19.4 Å². The van der Waals surface area contributed by atoms with Crippen LogP contribution in [0.25, 0.3) is 11.1 Å². The maximum absolute atomic E-state index is 13.0. The molecule has 0 aromatic heterocycles. The zero-order valence-corrected chi connectivity index (χ0v) is 17.0. The van der Waals surface area contributed by atoms with Gasteiger partial charge in [-0.15, -0.1) is 0 Å². The van der Waals surface area contributed by atoms with E-state index in [1.54, 1.807) is 0 Å². The van der Waals surface area contributed by atoms with E-state index in [2.05, 4.69) is 24.3 Å². The lowest BCUT2D eigenvalue weighted by molar-refractivity contribution is -0.159. The van der Waals surface area contributed by atoms with Gasteiger partial charge in [0, 0.05) is 18.9 Å². The summed E-state index contributed by atoms with van der Waals surface area (Å²) in [6.07, 6.45) is 0.126. The van der Waals surface area contributed by atoms with Crippen molar-refractivity contribution in [2.45, 2.75) is 24.3 Å². The molecule has 2 aliphatic rings. The minimum atomic E-state index is -1.25. The van der Waals surface area contributed by atoms with Gasteiger partial charge in [-0.05, 0) is 34.2 Å². The Balaban J connectivity index is 1.34. The number of nitrogens with zero attached hydrogens (tertiary/aromatic N) is 1. The van der Waals surface area contributed by atoms with Crippen molar-refractivity contribution >= 4 is 12.1 Å². The third-order valence-electron chi connectivity index (χ3n) is 6.56. The van der Waals surface area contributed by atoms with E-state index in [0.29, 0.717) is 13.0 Å².